The Bertz CT molecular complexity index is 648. The molecule has 2 fully saturated rings. The maximum absolute atomic E-state index is 13.8. The summed E-state index contributed by atoms with van der Waals surface area (Å²) in [7, 11) is 0. The van der Waals surface area contributed by atoms with E-state index in [-0.39, 0.29) is 24.9 Å². The van der Waals surface area contributed by atoms with Crippen molar-refractivity contribution in [2.24, 2.45) is 5.92 Å². The summed E-state index contributed by atoms with van der Waals surface area (Å²) in [4.78, 5) is 18.4. The van der Waals surface area contributed by atoms with Gasteiger partial charge in [-0.3, -0.25) is 4.79 Å². The number of aromatic nitrogens is 1. The van der Waals surface area contributed by atoms with Crippen LogP contribution in [0.3, 0.4) is 0 Å². The maximum Gasteiger partial charge on any atom is 0.253 e. The average Bonchev–Trinajstić information content (AvgIpc) is 3.18. The molecule has 1 N–H and O–H groups in total. The molecule has 150 valence electrons. The second kappa shape index (κ2) is 8.86. The molecule has 0 bridgehead atoms. The number of nitrogens with one attached hydrogen (secondary N) is 1. The predicted octanol–water partition coefficient (Wildman–Crippen LogP) is 2.46. The Morgan fingerprint density at radius 2 is 1.59 bits per heavy atom. The molecule has 1 amide bonds. The van der Waals surface area contributed by atoms with E-state index in [4.69, 9.17) is 0 Å². The molecule has 0 aromatic carbocycles. The summed E-state index contributed by atoms with van der Waals surface area (Å²) < 4.78 is 54.3. The number of amides is 1. The molecule has 0 atom stereocenters. The molecule has 5 nitrogen and oxygen atoms in total. The number of pyridine rings is 1. The molecule has 2 aliphatic rings. The first-order valence-corrected chi connectivity index (χ1v) is 9.42. The highest BCUT2D eigenvalue weighted by atomic mass is 19.2. The van der Waals surface area contributed by atoms with E-state index in [1.165, 1.54) is 17.7 Å². The van der Waals surface area contributed by atoms with E-state index in [2.05, 4.69) is 15.2 Å². The van der Waals surface area contributed by atoms with Gasteiger partial charge in [0.25, 0.3) is 11.9 Å². The first-order chi connectivity index (χ1) is 13.0. The van der Waals surface area contributed by atoms with Crippen molar-refractivity contribution < 1.29 is 22.4 Å². The van der Waals surface area contributed by atoms with Gasteiger partial charge in [0, 0.05) is 25.6 Å². The third-order valence-electron chi connectivity index (χ3n) is 5.31. The molecule has 2 aliphatic heterocycles. The Labute approximate surface area is 155 Å². The fraction of sp³-hybridized carbons (Fsp3) is 0.667. The van der Waals surface area contributed by atoms with Crippen LogP contribution < -0.4 is 10.2 Å². The third-order valence-corrected chi connectivity index (χ3v) is 5.31. The minimum Gasteiger partial charge on any atom is -0.366 e. The van der Waals surface area contributed by atoms with Crippen LogP contribution in [0.2, 0.25) is 0 Å². The lowest BCUT2D eigenvalue weighted by atomic mass is 9.95. The van der Waals surface area contributed by atoms with E-state index >= 15 is 0 Å². The summed E-state index contributed by atoms with van der Waals surface area (Å²) in [5.41, 5.74) is -0.746. The van der Waals surface area contributed by atoms with Crippen molar-refractivity contribution in [1.82, 2.24) is 15.2 Å². The normalized spacial score (nSPS) is 18.9. The number of hydrogen-bond donors (Lipinski definition) is 1. The van der Waals surface area contributed by atoms with Gasteiger partial charge in [0.1, 0.15) is 5.69 Å². The van der Waals surface area contributed by atoms with E-state index in [1.807, 2.05) is 0 Å². The molecule has 0 unspecified atom stereocenters. The number of hydrogen-bond acceptors (Lipinski definition) is 4. The van der Waals surface area contributed by atoms with Crippen molar-refractivity contribution in [2.45, 2.75) is 32.1 Å². The van der Waals surface area contributed by atoms with E-state index in [0.717, 1.165) is 26.1 Å². The molecule has 0 radical (unpaired) electrons. The van der Waals surface area contributed by atoms with Crippen LogP contribution in [0.15, 0.2) is 0 Å². The van der Waals surface area contributed by atoms with Crippen molar-refractivity contribution in [1.29, 1.82) is 0 Å². The van der Waals surface area contributed by atoms with Crippen LogP contribution in [-0.4, -0.2) is 55.1 Å². The Kier molecular flexibility index (Phi) is 6.51. The number of rotatable bonds is 6. The fourth-order valence-electron chi connectivity index (χ4n) is 3.78. The van der Waals surface area contributed by atoms with Crippen LogP contribution in [0, 0.1) is 29.4 Å². The highest BCUT2D eigenvalue weighted by Crippen LogP contribution is 2.30. The Hall–Kier alpha value is -1.90. The van der Waals surface area contributed by atoms with Crippen molar-refractivity contribution in [3.63, 3.8) is 0 Å². The minimum atomic E-state index is -1.67. The molecule has 3 heterocycles. The fourth-order valence-corrected chi connectivity index (χ4v) is 3.78. The van der Waals surface area contributed by atoms with Gasteiger partial charge in [-0.2, -0.15) is 22.5 Å². The molecule has 3 rings (SSSR count). The largest absolute Gasteiger partial charge is 0.366 e. The summed E-state index contributed by atoms with van der Waals surface area (Å²) in [6.07, 6.45) is 4.08. The van der Waals surface area contributed by atoms with Crippen molar-refractivity contribution in [2.75, 3.05) is 44.2 Å². The first-order valence-electron chi connectivity index (χ1n) is 9.42. The summed E-state index contributed by atoms with van der Waals surface area (Å²) >= 11 is 0. The van der Waals surface area contributed by atoms with Gasteiger partial charge in [-0.05, 0) is 51.7 Å². The molecule has 0 saturated carbocycles. The van der Waals surface area contributed by atoms with Crippen LogP contribution in [0.5, 0.6) is 0 Å². The monoisotopic (exact) mass is 388 g/mol. The summed E-state index contributed by atoms with van der Waals surface area (Å²) in [6, 6.07) is 0. The predicted molar refractivity (Wildman–Crippen MR) is 92.3 cm³/mol. The Balaban J connectivity index is 1.46. The van der Waals surface area contributed by atoms with E-state index < -0.39 is 29.2 Å². The van der Waals surface area contributed by atoms with Gasteiger partial charge in [0.2, 0.25) is 17.5 Å². The maximum atomic E-state index is 13.8. The van der Waals surface area contributed by atoms with Gasteiger partial charge >= 0.3 is 0 Å². The first kappa shape index (κ1) is 19.9. The quantitative estimate of drug-likeness (QED) is 0.462. The molecule has 0 aliphatic carbocycles. The lowest BCUT2D eigenvalue weighted by Crippen LogP contribution is -2.42. The molecule has 27 heavy (non-hydrogen) atoms. The topological polar surface area (TPSA) is 48.5 Å². The van der Waals surface area contributed by atoms with Gasteiger partial charge in [-0.15, -0.1) is 0 Å². The zero-order chi connectivity index (χ0) is 19.4. The van der Waals surface area contributed by atoms with Crippen molar-refractivity contribution >= 4 is 11.6 Å². The molecule has 9 heteroatoms. The molecule has 1 aromatic heterocycles. The molecular weight excluding hydrogens is 364 g/mol. The van der Waals surface area contributed by atoms with Crippen LogP contribution in [0.4, 0.5) is 23.2 Å². The molecule has 2 saturated heterocycles. The van der Waals surface area contributed by atoms with Gasteiger partial charge in [-0.25, -0.2) is 0 Å². The third kappa shape index (κ3) is 4.69. The average molecular weight is 388 g/mol. The number of nitrogens with zero attached hydrogens (tertiary/aromatic N) is 3. The minimum absolute atomic E-state index is 0.0795. The number of piperidine rings is 1. The van der Waals surface area contributed by atoms with Crippen molar-refractivity contribution in [3.8, 4) is 0 Å². The Morgan fingerprint density at radius 3 is 2.19 bits per heavy atom. The van der Waals surface area contributed by atoms with E-state index in [0.29, 0.717) is 19.4 Å². The van der Waals surface area contributed by atoms with Crippen LogP contribution >= 0.6 is 0 Å². The second-order valence-corrected chi connectivity index (χ2v) is 7.12. The lowest BCUT2D eigenvalue weighted by molar-refractivity contribution is -0.125. The van der Waals surface area contributed by atoms with Crippen LogP contribution in [0.25, 0.3) is 0 Å². The zero-order valence-electron chi connectivity index (χ0n) is 15.1. The van der Waals surface area contributed by atoms with Crippen LogP contribution in [-0.2, 0) is 4.79 Å². The number of halogens is 4. The standard InChI is InChI=1S/C18H24F4N4O/c19-13-15(14(20)17(22)24-16(13)21)26-10-4-12(5-11-26)18(27)23-6-3-9-25-7-1-2-8-25/h12H,1-11H2,(H,23,27). The van der Waals surface area contributed by atoms with E-state index in [1.54, 1.807) is 0 Å². The number of likely N-dealkylation sites (tertiary alicyclic amines) is 1. The number of carbonyl (C=O) groups excluding carboxylic acids is 1. The number of carbonyl (C=O) groups is 1. The zero-order valence-corrected chi connectivity index (χ0v) is 15.1. The molecular formula is C18H24F4N4O. The Morgan fingerprint density at radius 1 is 1.00 bits per heavy atom. The van der Waals surface area contributed by atoms with Gasteiger partial charge in [0.05, 0.1) is 0 Å². The highest BCUT2D eigenvalue weighted by molar-refractivity contribution is 5.79. The van der Waals surface area contributed by atoms with Gasteiger partial charge in [0.15, 0.2) is 0 Å². The number of anilines is 1. The second-order valence-electron chi connectivity index (χ2n) is 7.12. The summed E-state index contributed by atoms with van der Waals surface area (Å²) in [6.45, 7) is 4.09. The van der Waals surface area contributed by atoms with Crippen LogP contribution in [0.1, 0.15) is 32.1 Å². The van der Waals surface area contributed by atoms with E-state index in [9.17, 15) is 22.4 Å². The summed E-state index contributed by atoms with van der Waals surface area (Å²) in [5.74, 6) is -6.68. The van der Waals surface area contributed by atoms with Crippen molar-refractivity contribution in [3.05, 3.63) is 23.5 Å². The van der Waals surface area contributed by atoms with Gasteiger partial charge in [-0.1, -0.05) is 0 Å². The summed E-state index contributed by atoms with van der Waals surface area (Å²) in [5, 5.41) is 2.91. The van der Waals surface area contributed by atoms with Gasteiger partial charge < -0.3 is 15.1 Å². The lowest BCUT2D eigenvalue weighted by Gasteiger charge is -2.33. The molecule has 0 spiro atoms. The smallest absolute Gasteiger partial charge is 0.253 e. The molecule has 1 aromatic rings. The highest BCUT2D eigenvalue weighted by Gasteiger charge is 2.30. The SMILES string of the molecule is O=C(NCCCN1CCCC1)C1CCN(c2c(F)c(F)nc(F)c2F)CC1.